The molecule has 6 rings (SSSR count). The quantitative estimate of drug-likeness (QED) is 0.134. The fourth-order valence-corrected chi connectivity index (χ4v) is 12.2. The van der Waals surface area contributed by atoms with Crippen LogP contribution in [0.3, 0.4) is 0 Å². The molecule has 18 atom stereocenters. The Morgan fingerprint density at radius 2 is 1.45 bits per heavy atom. The highest BCUT2D eigenvalue weighted by atomic mass is 16.7. The average Bonchev–Trinajstić information content (AvgIpc) is 3.42. The third kappa shape index (κ3) is 7.09. The summed E-state index contributed by atoms with van der Waals surface area (Å²) in [6.07, 6.45) is -4.62. The molecule has 2 saturated heterocycles. The first-order valence-electron chi connectivity index (χ1n) is 20.6. The molecule has 14 nitrogen and oxygen atoms in total. The molecule has 9 N–H and O–H groups in total. The lowest BCUT2D eigenvalue weighted by Crippen LogP contribution is -2.64. The highest BCUT2D eigenvalue weighted by Gasteiger charge is 2.71. The zero-order valence-corrected chi connectivity index (χ0v) is 34.1. The van der Waals surface area contributed by atoms with Gasteiger partial charge in [-0.05, 0) is 87.4 Å². The Morgan fingerprint density at radius 1 is 0.857 bits per heavy atom. The van der Waals surface area contributed by atoms with Crippen molar-refractivity contribution in [2.75, 3.05) is 19.8 Å². The van der Waals surface area contributed by atoms with E-state index in [1.54, 1.807) is 0 Å². The minimum absolute atomic E-state index is 0.0161. The lowest BCUT2D eigenvalue weighted by molar-refractivity contribution is -0.319. The van der Waals surface area contributed by atoms with Crippen LogP contribution < -0.4 is 0 Å². The minimum Gasteiger partial charge on any atom is -0.394 e. The van der Waals surface area contributed by atoms with Crippen LogP contribution in [0, 0.1) is 39.4 Å². The number of hydrogen-bond donors (Lipinski definition) is 9. The van der Waals surface area contributed by atoms with E-state index in [9.17, 15) is 50.8 Å². The standard InChI is InChI=1S/C42H68O14/c1-21(20-53-36-34(50)32(48)30(46)24(18-43)54-36)9-8-15-41(6,52)26-14-16-39(4)27-12-10-22-23(42(27,7)28(45)17-40(26,39)5)11-13-29(38(22,2)3)56-37-35(51)33(49)31(47)25(19-44)55-37/h9-10,23-27,29-37,43-44,46-52H,8,11-20H2,1-7H3/t23?,24?,25?,26?,27?,29?,30?,31?,32?,33?,34?,35?,36?,37?,39-,40+,41?,42-/m0/s1. The Morgan fingerprint density at radius 3 is 2.05 bits per heavy atom. The summed E-state index contributed by atoms with van der Waals surface area (Å²) < 4.78 is 23.2. The van der Waals surface area contributed by atoms with E-state index in [2.05, 4.69) is 40.7 Å². The molecular formula is C42H68O14. The smallest absolute Gasteiger partial charge is 0.187 e. The first-order chi connectivity index (χ1) is 26.1. The largest absolute Gasteiger partial charge is 0.394 e. The molecule has 56 heavy (non-hydrogen) atoms. The molecule has 0 bridgehead atoms. The second kappa shape index (κ2) is 15.9. The van der Waals surface area contributed by atoms with Crippen molar-refractivity contribution in [3.8, 4) is 0 Å². The predicted molar refractivity (Wildman–Crippen MR) is 201 cm³/mol. The Labute approximate surface area is 330 Å². The van der Waals surface area contributed by atoms with Gasteiger partial charge in [0.15, 0.2) is 12.6 Å². The molecule has 3 saturated carbocycles. The second-order valence-electron chi connectivity index (χ2n) is 19.4. The molecule has 2 heterocycles. The summed E-state index contributed by atoms with van der Waals surface area (Å²) in [6.45, 7) is 13.6. The molecule has 5 fully saturated rings. The van der Waals surface area contributed by atoms with Crippen LogP contribution in [-0.2, 0) is 23.7 Å². The number of aliphatic hydroxyl groups excluding tert-OH is 8. The molecule has 14 heteroatoms. The number of ether oxygens (including phenoxy) is 4. The molecular weight excluding hydrogens is 728 g/mol. The third-order valence-corrected chi connectivity index (χ3v) is 16.0. The van der Waals surface area contributed by atoms with Gasteiger partial charge in [-0.25, -0.2) is 0 Å². The van der Waals surface area contributed by atoms with Crippen LogP contribution in [0.15, 0.2) is 23.3 Å². The number of fused-ring (bicyclic) bond motifs is 5. The summed E-state index contributed by atoms with van der Waals surface area (Å²) in [6, 6.07) is 0. The van der Waals surface area contributed by atoms with E-state index in [1.165, 1.54) is 0 Å². The lowest BCUT2D eigenvalue weighted by Gasteiger charge is -2.65. The number of rotatable bonds is 11. The Balaban J connectivity index is 1.13. The molecule has 0 aromatic carbocycles. The number of hydrogen-bond acceptors (Lipinski definition) is 14. The van der Waals surface area contributed by atoms with Crippen LogP contribution in [0.25, 0.3) is 0 Å². The zero-order chi connectivity index (χ0) is 41.3. The van der Waals surface area contributed by atoms with Gasteiger partial charge in [0.05, 0.1) is 31.5 Å². The van der Waals surface area contributed by atoms with Crippen molar-refractivity contribution in [1.82, 2.24) is 0 Å². The number of aliphatic hydroxyl groups is 9. The fraction of sp³-hybridized carbons (Fsp3) is 0.881. The van der Waals surface area contributed by atoms with Crippen molar-refractivity contribution in [3.05, 3.63) is 23.3 Å². The molecule has 320 valence electrons. The van der Waals surface area contributed by atoms with Crippen molar-refractivity contribution in [2.45, 2.75) is 173 Å². The van der Waals surface area contributed by atoms with E-state index in [-0.39, 0.29) is 35.6 Å². The third-order valence-electron chi connectivity index (χ3n) is 16.0. The fourth-order valence-electron chi connectivity index (χ4n) is 12.2. The zero-order valence-electron chi connectivity index (χ0n) is 34.1. The van der Waals surface area contributed by atoms with Gasteiger partial charge in [-0.2, -0.15) is 0 Å². The van der Waals surface area contributed by atoms with Crippen LogP contribution >= 0.6 is 0 Å². The predicted octanol–water partition coefficient (Wildman–Crippen LogP) is 1.25. The van der Waals surface area contributed by atoms with E-state index >= 15 is 0 Å². The number of carbonyl (C=O) groups is 1. The normalized spacial score (nSPS) is 49.0. The highest BCUT2D eigenvalue weighted by molar-refractivity contribution is 5.88. The summed E-state index contributed by atoms with van der Waals surface area (Å²) in [5, 5.41) is 93.1. The van der Waals surface area contributed by atoms with E-state index in [4.69, 9.17) is 18.9 Å². The summed E-state index contributed by atoms with van der Waals surface area (Å²) in [5.41, 5.74) is -0.900. The van der Waals surface area contributed by atoms with Gasteiger partial charge in [-0.1, -0.05) is 57.9 Å². The van der Waals surface area contributed by atoms with Gasteiger partial charge in [0, 0.05) is 17.3 Å². The topological polar surface area (TPSA) is 236 Å². The summed E-state index contributed by atoms with van der Waals surface area (Å²) in [4.78, 5) is 14.8. The van der Waals surface area contributed by atoms with Crippen LogP contribution in [0.5, 0.6) is 0 Å². The molecule has 0 aromatic rings. The Kier molecular flexibility index (Phi) is 12.6. The van der Waals surface area contributed by atoms with Gasteiger partial charge in [-0.15, -0.1) is 0 Å². The maximum Gasteiger partial charge on any atom is 0.187 e. The summed E-state index contributed by atoms with van der Waals surface area (Å²) in [5.74, 6) is 0.164. The first-order valence-corrected chi connectivity index (χ1v) is 20.6. The number of allylic oxidation sites excluding steroid dienone is 2. The Hall–Kier alpha value is -1.37. The van der Waals surface area contributed by atoms with Crippen molar-refractivity contribution in [1.29, 1.82) is 0 Å². The number of carbonyl (C=O) groups excluding carboxylic acids is 1. The van der Waals surface area contributed by atoms with Gasteiger partial charge in [-0.3, -0.25) is 4.79 Å². The van der Waals surface area contributed by atoms with Gasteiger partial charge in [0.25, 0.3) is 0 Å². The SMILES string of the molecule is CC(=CCCC(C)(O)C1CC[C@@]2(C)C3CC=C4C(CCC(OC5OC(CO)C(O)C(O)C5O)C4(C)C)[C@]3(C)C(=O)C[C@]12C)COC1OC(CO)C(O)C(O)C1O. The molecule has 0 aromatic heterocycles. The summed E-state index contributed by atoms with van der Waals surface area (Å²) in [7, 11) is 0. The molecule has 0 spiro atoms. The van der Waals surface area contributed by atoms with Crippen molar-refractivity contribution >= 4 is 5.78 Å². The molecule has 4 aliphatic carbocycles. The van der Waals surface area contributed by atoms with Crippen LogP contribution in [0.2, 0.25) is 0 Å². The van der Waals surface area contributed by atoms with Crippen molar-refractivity contribution in [2.24, 2.45) is 39.4 Å². The van der Waals surface area contributed by atoms with Crippen LogP contribution in [0.1, 0.15) is 99.8 Å². The van der Waals surface area contributed by atoms with Crippen LogP contribution in [0.4, 0.5) is 0 Å². The second-order valence-corrected chi connectivity index (χ2v) is 19.4. The molecule has 0 radical (unpaired) electrons. The first kappa shape index (κ1) is 44.2. The van der Waals surface area contributed by atoms with E-state index in [0.717, 1.165) is 24.0 Å². The molecule has 6 aliphatic rings. The lowest BCUT2D eigenvalue weighted by atomic mass is 9.38. The van der Waals surface area contributed by atoms with Crippen molar-refractivity contribution in [3.63, 3.8) is 0 Å². The number of ketones is 1. The highest BCUT2D eigenvalue weighted by Crippen LogP contribution is 2.74. The Bertz CT molecular complexity index is 1490. The van der Waals surface area contributed by atoms with E-state index in [1.807, 2.05) is 19.9 Å². The monoisotopic (exact) mass is 796 g/mol. The molecule has 0 amide bonds. The van der Waals surface area contributed by atoms with Gasteiger partial charge >= 0.3 is 0 Å². The average molecular weight is 797 g/mol. The van der Waals surface area contributed by atoms with Gasteiger partial charge in [0.1, 0.15) is 54.6 Å². The van der Waals surface area contributed by atoms with Gasteiger partial charge < -0.3 is 64.9 Å². The summed E-state index contributed by atoms with van der Waals surface area (Å²) >= 11 is 0. The number of Topliss-reactive ketones (excluding diaryl/α,β-unsaturated/α-hetero) is 1. The van der Waals surface area contributed by atoms with Crippen LogP contribution in [-0.4, -0.2) is 145 Å². The molecule has 15 unspecified atom stereocenters. The maximum absolute atomic E-state index is 14.8. The van der Waals surface area contributed by atoms with E-state index in [0.29, 0.717) is 38.5 Å². The molecule has 2 aliphatic heterocycles. The maximum atomic E-state index is 14.8. The van der Waals surface area contributed by atoms with Gasteiger partial charge in [0.2, 0.25) is 0 Å². The van der Waals surface area contributed by atoms with E-state index < -0.39 is 103 Å². The van der Waals surface area contributed by atoms with Crippen molar-refractivity contribution < 1.29 is 69.7 Å². The minimum atomic E-state index is -1.53.